The molecule has 1 aromatic heterocycles. The van der Waals surface area contributed by atoms with Gasteiger partial charge in [0, 0.05) is 17.3 Å². The third-order valence-electron chi connectivity index (χ3n) is 4.25. The minimum Gasteiger partial charge on any atom is -0.478 e. The summed E-state index contributed by atoms with van der Waals surface area (Å²) >= 11 is 7.16. The third-order valence-corrected chi connectivity index (χ3v) is 7.19. The number of carboxylic acids is 1. The maximum absolute atomic E-state index is 14.2. The molecule has 1 unspecified atom stereocenters. The van der Waals surface area contributed by atoms with Crippen LogP contribution in [0.15, 0.2) is 42.1 Å². The normalized spacial score (nSPS) is 15.3. The van der Waals surface area contributed by atoms with Gasteiger partial charge in [0.1, 0.15) is 11.5 Å². The number of amides is 1. The van der Waals surface area contributed by atoms with Crippen molar-refractivity contribution in [2.24, 2.45) is 0 Å². The predicted molar refractivity (Wildman–Crippen MR) is 108 cm³/mol. The van der Waals surface area contributed by atoms with Crippen LogP contribution in [0.2, 0.25) is 4.34 Å². The number of halogens is 2. The lowest BCUT2D eigenvalue weighted by atomic mass is 10.2. The van der Waals surface area contributed by atoms with Gasteiger partial charge in [-0.05, 0) is 36.4 Å². The van der Waals surface area contributed by atoms with E-state index in [0.29, 0.717) is 4.34 Å². The van der Waals surface area contributed by atoms with Crippen molar-refractivity contribution in [3.8, 4) is 0 Å². The molecule has 11 heteroatoms. The summed E-state index contributed by atoms with van der Waals surface area (Å²) in [5.74, 6) is -3.49. The molecule has 2 heterocycles. The fraction of sp³-hybridized carbons (Fsp3) is 0.222. The molecule has 1 aliphatic rings. The van der Waals surface area contributed by atoms with Crippen LogP contribution < -0.4 is 9.62 Å². The average Bonchev–Trinajstić information content (AvgIpc) is 3.21. The van der Waals surface area contributed by atoms with E-state index in [9.17, 15) is 22.4 Å². The number of nitrogens with zero attached hydrogens (tertiary/aromatic N) is 1. The van der Waals surface area contributed by atoms with E-state index < -0.39 is 27.7 Å². The molecule has 1 atom stereocenters. The zero-order chi connectivity index (χ0) is 21.3. The maximum Gasteiger partial charge on any atom is 0.335 e. The molecule has 7 nitrogen and oxygen atoms in total. The zero-order valence-electron chi connectivity index (χ0n) is 15.1. The number of aromatic carboxylic acids is 1. The molecule has 2 N–H and O–H groups in total. The molecule has 0 fully saturated rings. The van der Waals surface area contributed by atoms with E-state index in [1.807, 2.05) is 0 Å². The minimum atomic E-state index is -3.84. The molecule has 1 aliphatic heterocycles. The summed E-state index contributed by atoms with van der Waals surface area (Å²) in [5.41, 5.74) is -0.565. The first-order valence-electron chi connectivity index (χ1n) is 8.38. The number of carbonyl (C=O) groups is 2. The fourth-order valence-corrected chi connectivity index (χ4v) is 5.51. The molecule has 0 radical (unpaired) electrons. The predicted octanol–water partition coefficient (Wildman–Crippen LogP) is 3.19. The minimum absolute atomic E-state index is 0.0455. The van der Waals surface area contributed by atoms with Crippen molar-refractivity contribution < 1.29 is 27.5 Å². The second kappa shape index (κ2) is 8.13. The summed E-state index contributed by atoms with van der Waals surface area (Å²) in [7, 11) is -3.84. The Morgan fingerprint density at radius 3 is 2.69 bits per heavy atom. The highest BCUT2D eigenvalue weighted by Gasteiger charge is 2.30. The molecule has 0 aliphatic carbocycles. The largest absolute Gasteiger partial charge is 0.478 e. The number of carbonyl (C=O) groups excluding carboxylic acids is 1. The van der Waals surface area contributed by atoms with E-state index in [1.54, 1.807) is 19.1 Å². The number of benzene rings is 1. The van der Waals surface area contributed by atoms with Crippen molar-refractivity contribution in [3.05, 3.63) is 62.7 Å². The van der Waals surface area contributed by atoms with Crippen molar-refractivity contribution in [1.29, 1.82) is 0 Å². The Labute approximate surface area is 175 Å². The topological polar surface area (TPSA) is 104 Å². The summed E-state index contributed by atoms with van der Waals surface area (Å²) in [6.45, 7) is 1.69. The number of nitrogens with one attached hydrogen (secondary N) is 1. The number of hydrogen-bond donors (Lipinski definition) is 2. The summed E-state index contributed by atoms with van der Waals surface area (Å²) in [5, 5.41) is 8.90. The lowest BCUT2D eigenvalue weighted by Gasteiger charge is -2.18. The smallest absolute Gasteiger partial charge is 0.335 e. The highest BCUT2D eigenvalue weighted by molar-refractivity contribution is 7.89. The van der Waals surface area contributed by atoms with Crippen LogP contribution in [0.4, 0.5) is 10.1 Å². The van der Waals surface area contributed by atoms with Crippen LogP contribution in [0.25, 0.3) is 0 Å². The molecule has 0 spiro atoms. The second-order valence-electron chi connectivity index (χ2n) is 6.43. The van der Waals surface area contributed by atoms with Crippen LogP contribution in [0, 0.1) is 5.82 Å². The van der Waals surface area contributed by atoms with Crippen LogP contribution in [0.5, 0.6) is 0 Å². The number of thiophene rings is 1. The van der Waals surface area contributed by atoms with Gasteiger partial charge in [-0.25, -0.2) is 17.6 Å². The Balaban J connectivity index is 1.70. The first-order valence-corrected chi connectivity index (χ1v) is 11.2. The molecule has 0 bridgehead atoms. The monoisotopic (exact) mass is 458 g/mol. The fourth-order valence-electron chi connectivity index (χ4n) is 2.86. The SMILES string of the molecule is CC(CS(=O)(=O)NC1=CCN(c2ccc(C(=O)O)cc2F)C1=O)c1ccc(Cl)s1. The first kappa shape index (κ1) is 21.3. The Morgan fingerprint density at radius 1 is 1.38 bits per heavy atom. The summed E-state index contributed by atoms with van der Waals surface area (Å²) in [6, 6.07) is 6.58. The standard InChI is InChI=1S/C18H16ClFN2O5S2/c1-10(15-4-5-16(19)28-15)9-29(26,27)21-13-6-7-22(17(13)23)14-3-2-11(18(24)25)8-12(14)20/h2-6,8,10,21H,7,9H2,1H3,(H,24,25). The molecular formula is C18H16ClFN2O5S2. The van der Waals surface area contributed by atoms with Gasteiger partial charge in [-0.2, -0.15) is 0 Å². The van der Waals surface area contributed by atoms with Crippen LogP contribution in [0.1, 0.15) is 28.1 Å². The van der Waals surface area contributed by atoms with Crippen molar-refractivity contribution in [1.82, 2.24) is 4.72 Å². The van der Waals surface area contributed by atoms with Gasteiger partial charge >= 0.3 is 5.97 Å². The molecule has 1 aromatic carbocycles. The summed E-state index contributed by atoms with van der Waals surface area (Å²) < 4.78 is 42.0. The van der Waals surface area contributed by atoms with Crippen molar-refractivity contribution in [2.75, 3.05) is 17.2 Å². The lowest BCUT2D eigenvalue weighted by molar-refractivity contribution is -0.114. The number of sulfonamides is 1. The molecule has 3 rings (SSSR count). The van der Waals surface area contributed by atoms with Gasteiger partial charge in [0.2, 0.25) is 10.0 Å². The molecule has 154 valence electrons. The average molecular weight is 459 g/mol. The molecule has 1 amide bonds. The van der Waals surface area contributed by atoms with Gasteiger partial charge in [-0.1, -0.05) is 18.5 Å². The Morgan fingerprint density at radius 2 is 2.10 bits per heavy atom. The van der Waals surface area contributed by atoms with E-state index in [4.69, 9.17) is 16.7 Å². The molecular weight excluding hydrogens is 443 g/mol. The van der Waals surface area contributed by atoms with Crippen LogP contribution in [0.3, 0.4) is 0 Å². The third kappa shape index (κ3) is 4.77. The van der Waals surface area contributed by atoms with Crippen LogP contribution in [-0.2, 0) is 14.8 Å². The lowest BCUT2D eigenvalue weighted by Crippen LogP contribution is -2.35. The van der Waals surface area contributed by atoms with E-state index >= 15 is 0 Å². The van der Waals surface area contributed by atoms with Gasteiger partial charge in [-0.15, -0.1) is 11.3 Å². The van der Waals surface area contributed by atoms with E-state index in [1.165, 1.54) is 29.5 Å². The van der Waals surface area contributed by atoms with Gasteiger partial charge < -0.3 is 10.0 Å². The molecule has 0 saturated carbocycles. The van der Waals surface area contributed by atoms with Crippen molar-refractivity contribution >= 4 is 50.5 Å². The molecule has 2 aromatic rings. The Hall–Kier alpha value is -2.43. The van der Waals surface area contributed by atoms with Crippen molar-refractivity contribution in [3.63, 3.8) is 0 Å². The van der Waals surface area contributed by atoms with Gasteiger partial charge in [0.25, 0.3) is 5.91 Å². The highest BCUT2D eigenvalue weighted by atomic mass is 35.5. The van der Waals surface area contributed by atoms with Gasteiger partial charge in [0.15, 0.2) is 0 Å². The second-order valence-corrected chi connectivity index (χ2v) is 9.94. The molecule has 0 saturated heterocycles. The number of anilines is 1. The van der Waals surface area contributed by atoms with E-state index in [2.05, 4.69) is 4.72 Å². The highest BCUT2D eigenvalue weighted by Crippen LogP contribution is 2.29. The summed E-state index contributed by atoms with van der Waals surface area (Å²) in [4.78, 5) is 25.3. The van der Waals surface area contributed by atoms with Crippen molar-refractivity contribution in [2.45, 2.75) is 12.8 Å². The van der Waals surface area contributed by atoms with Gasteiger partial charge in [0.05, 0.1) is 21.3 Å². The summed E-state index contributed by atoms with van der Waals surface area (Å²) in [6.07, 6.45) is 1.34. The zero-order valence-corrected chi connectivity index (χ0v) is 17.4. The van der Waals surface area contributed by atoms with E-state index in [0.717, 1.165) is 15.8 Å². The Bertz CT molecular complexity index is 1110. The van der Waals surface area contributed by atoms with Gasteiger partial charge in [-0.3, -0.25) is 9.52 Å². The molecule has 29 heavy (non-hydrogen) atoms. The van der Waals surface area contributed by atoms with Crippen LogP contribution >= 0.6 is 22.9 Å². The number of carboxylic acid groups (broad SMARTS) is 1. The number of hydrogen-bond acceptors (Lipinski definition) is 5. The van der Waals surface area contributed by atoms with E-state index in [-0.39, 0.29) is 35.2 Å². The maximum atomic E-state index is 14.2. The number of rotatable bonds is 7. The van der Waals surface area contributed by atoms with Crippen LogP contribution in [-0.4, -0.2) is 37.7 Å². The quantitative estimate of drug-likeness (QED) is 0.663. The Kier molecular flexibility index (Phi) is 5.97. The first-order chi connectivity index (χ1) is 13.6.